The van der Waals surface area contributed by atoms with Crippen molar-refractivity contribution in [2.24, 2.45) is 0 Å². The second kappa shape index (κ2) is 11.6. The first-order valence-electron chi connectivity index (χ1n) is 10.1. The zero-order valence-corrected chi connectivity index (χ0v) is 19.2. The van der Waals surface area contributed by atoms with Crippen LogP contribution < -0.4 is 0 Å². The Hall–Kier alpha value is -1.40. The molecule has 1 aliphatic heterocycles. The summed E-state index contributed by atoms with van der Waals surface area (Å²) in [6.45, 7) is 2.05. The smallest absolute Gasteiger partial charge is 0.259 e. The number of benzene rings is 2. The van der Waals surface area contributed by atoms with Crippen LogP contribution in [0.1, 0.15) is 36.8 Å². The molecule has 0 spiro atoms. The number of thiocarbonyl (C=S) groups is 1. The highest BCUT2D eigenvalue weighted by atomic mass is 127. The Kier molecular flexibility index (Phi) is 8.80. The van der Waals surface area contributed by atoms with Crippen molar-refractivity contribution in [3.8, 4) is 0 Å². The highest BCUT2D eigenvalue weighted by Crippen LogP contribution is 2.23. The van der Waals surface area contributed by atoms with E-state index in [4.69, 9.17) is 17.0 Å². The Balaban J connectivity index is 1.61. The van der Waals surface area contributed by atoms with E-state index in [0.717, 1.165) is 38.8 Å². The predicted octanol–water partition coefficient (Wildman–Crippen LogP) is 6.34. The molecule has 3 rings (SSSR count). The second-order valence-corrected chi connectivity index (χ2v) is 8.80. The number of allylic oxidation sites excluding steroid dienone is 1. The Bertz CT molecular complexity index is 757. The third-order valence-electron chi connectivity index (χ3n) is 5.07. The minimum atomic E-state index is 0.0321. The molecule has 1 atom stereocenters. The van der Waals surface area contributed by atoms with Crippen LogP contribution in [0.5, 0.6) is 0 Å². The molecule has 28 heavy (non-hydrogen) atoms. The molecule has 0 aliphatic carbocycles. The van der Waals surface area contributed by atoms with Gasteiger partial charge in [-0.1, -0.05) is 66.7 Å². The van der Waals surface area contributed by atoms with Crippen molar-refractivity contribution in [1.29, 1.82) is 0 Å². The van der Waals surface area contributed by atoms with Gasteiger partial charge in [-0.2, -0.15) is 0 Å². The van der Waals surface area contributed by atoms with E-state index in [1.165, 1.54) is 27.5 Å². The van der Waals surface area contributed by atoms with Gasteiger partial charge < -0.3 is 9.64 Å². The van der Waals surface area contributed by atoms with Crippen LogP contribution in [0.25, 0.3) is 0 Å². The van der Waals surface area contributed by atoms with Gasteiger partial charge in [-0.15, -0.1) is 0 Å². The Morgan fingerprint density at radius 3 is 2.14 bits per heavy atom. The molecule has 0 aromatic heterocycles. The van der Waals surface area contributed by atoms with Gasteiger partial charge in [0.05, 0.1) is 0 Å². The fourth-order valence-electron chi connectivity index (χ4n) is 3.44. The fraction of sp³-hybridized carbons (Fsp3) is 0.375. The SMILES string of the molecule is S=C(OC(CCc1ccccc1)/C(I)=C/CCc1ccccc1)N1CCCC1. The normalized spacial score (nSPS) is 15.5. The molecule has 0 radical (unpaired) electrons. The molecule has 148 valence electrons. The summed E-state index contributed by atoms with van der Waals surface area (Å²) < 4.78 is 7.56. The highest BCUT2D eigenvalue weighted by Gasteiger charge is 2.21. The van der Waals surface area contributed by atoms with Gasteiger partial charge in [-0.3, -0.25) is 0 Å². The molecule has 0 N–H and O–H groups in total. The number of halogens is 1. The Morgan fingerprint density at radius 2 is 1.54 bits per heavy atom. The highest BCUT2D eigenvalue weighted by molar-refractivity contribution is 14.1. The minimum Gasteiger partial charge on any atom is -0.462 e. The van der Waals surface area contributed by atoms with E-state index in [0.29, 0.717) is 5.17 Å². The van der Waals surface area contributed by atoms with E-state index >= 15 is 0 Å². The van der Waals surface area contributed by atoms with Gasteiger partial charge in [0, 0.05) is 16.7 Å². The van der Waals surface area contributed by atoms with E-state index in [2.05, 4.69) is 94.2 Å². The molecular formula is C24H28INOS. The lowest BCUT2D eigenvalue weighted by Crippen LogP contribution is -2.32. The molecule has 2 aromatic rings. The lowest BCUT2D eigenvalue weighted by molar-refractivity contribution is 0.192. The van der Waals surface area contributed by atoms with Crippen molar-refractivity contribution < 1.29 is 4.74 Å². The summed E-state index contributed by atoms with van der Waals surface area (Å²) in [5.41, 5.74) is 2.72. The molecule has 2 aromatic carbocycles. The molecule has 0 bridgehead atoms. The van der Waals surface area contributed by atoms with Gasteiger partial charge in [0.1, 0.15) is 6.10 Å². The van der Waals surface area contributed by atoms with Crippen LogP contribution >= 0.6 is 34.8 Å². The largest absolute Gasteiger partial charge is 0.462 e. The van der Waals surface area contributed by atoms with Gasteiger partial charge in [0.2, 0.25) is 0 Å². The molecule has 1 heterocycles. The van der Waals surface area contributed by atoms with Crippen molar-refractivity contribution in [1.82, 2.24) is 4.90 Å². The van der Waals surface area contributed by atoms with Gasteiger partial charge in [-0.05, 0) is 84.5 Å². The first kappa shape index (κ1) is 21.3. The van der Waals surface area contributed by atoms with Crippen LogP contribution in [0, 0.1) is 0 Å². The maximum atomic E-state index is 6.30. The summed E-state index contributed by atoms with van der Waals surface area (Å²) in [7, 11) is 0. The molecule has 2 nitrogen and oxygen atoms in total. The second-order valence-electron chi connectivity index (χ2n) is 7.20. The summed E-state index contributed by atoms with van der Waals surface area (Å²) >= 11 is 8.05. The molecule has 0 saturated carbocycles. The lowest BCUT2D eigenvalue weighted by atomic mass is 10.1. The van der Waals surface area contributed by atoms with Crippen molar-refractivity contribution in [2.75, 3.05) is 13.1 Å². The molecular weight excluding hydrogens is 477 g/mol. The molecule has 1 fully saturated rings. The zero-order chi connectivity index (χ0) is 19.6. The summed E-state index contributed by atoms with van der Waals surface area (Å²) in [5.74, 6) is 0. The monoisotopic (exact) mass is 505 g/mol. The van der Waals surface area contributed by atoms with Gasteiger partial charge >= 0.3 is 0 Å². The molecule has 1 aliphatic rings. The van der Waals surface area contributed by atoms with Crippen molar-refractivity contribution in [3.05, 3.63) is 81.4 Å². The maximum Gasteiger partial charge on any atom is 0.259 e. The topological polar surface area (TPSA) is 12.5 Å². The number of hydrogen-bond acceptors (Lipinski definition) is 2. The van der Waals surface area contributed by atoms with Crippen molar-refractivity contribution in [2.45, 2.75) is 44.6 Å². The fourth-order valence-corrected chi connectivity index (χ4v) is 4.49. The average molecular weight is 505 g/mol. The summed E-state index contributed by atoms with van der Waals surface area (Å²) in [6.07, 6.45) is 8.77. The zero-order valence-electron chi connectivity index (χ0n) is 16.2. The van der Waals surface area contributed by atoms with E-state index in [9.17, 15) is 0 Å². The van der Waals surface area contributed by atoms with Crippen LogP contribution in [-0.4, -0.2) is 29.3 Å². The van der Waals surface area contributed by atoms with Gasteiger partial charge in [-0.25, -0.2) is 0 Å². The van der Waals surface area contributed by atoms with Crippen LogP contribution in [0.2, 0.25) is 0 Å². The minimum absolute atomic E-state index is 0.0321. The third-order valence-corrected chi connectivity index (χ3v) is 6.56. The quantitative estimate of drug-likeness (QED) is 0.307. The van der Waals surface area contributed by atoms with E-state index < -0.39 is 0 Å². The standard InChI is InChI=1S/C24H28INOS/c25-22(15-9-14-20-10-3-1-4-11-20)23(17-16-21-12-5-2-6-13-21)27-24(28)26-18-7-8-19-26/h1-6,10-13,15,23H,7-9,14,16-19H2/b22-15-. The Morgan fingerprint density at radius 1 is 0.964 bits per heavy atom. The van der Waals surface area contributed by atoms with Crippen LogP contribution in [-0.2, 0) is 17.6 Å². The summed E-state index contributed by atoms with van der Waals surface area (Å²) in [5, 5.41) is 0.668. The van der Waals surface area contributed by atoms with E-state index in [1.807, 2.05) is 0 Å². The summed E-state index contributed by atoms with van der Waals surface area (Å²) in [4.78, 5) is 2.21. The average Bonchev–Trinajstić information content (AvgIpc) is 3.27. The molecule has 1 unspecified atom stereocenters. The van der Waals surface area contributed by atoms with Gasteiger partial charge in [0.25, 0.3) is 5.17 Å². The third kappa shape index (κ3) is 6.89. The van der Waals surface area contributed by atoms with E-state index in [1.54, 1.807) is 0 Å². The summed E-state index contributed by atoms with van der Waals surface area (Å²) in [6, 6.07) is 21.3. The van der Waals surface area contributed by atoms with Gasteiger partial charge in [0.15, 0.2) is 0 Å². The van der Waals surface area contributed by atoms with Crippen LogP contribution in [0.15, 0.2) is 70.3 Å². The number of likely N-dealkylation sites (tertiary alicyclic amines) is 1. The van der Waals surface area contributed by atoms with Crippen LogP contribution in [0.4, 0.5) is 0 Å². The number of rotatable bonds is 8. The Labute approximate surface area is 188 Å². The first-order valence-corrected chi connectivity index (χ1v) is 11.6. The first-order chi connectivity index (χ1) is 13.7. The number of nitrogens with zero attached hydrogens (tertiary/aromatic N) is 1. The predicted molar refractivity (Wildman–Crippen MR) is 130 cm³/mol. The number of ether oxygens (including phenoxy) is 1. The maximum absolute atomic E-state index is 6.30. The molecule has 0 amide bonds. The lowest BCUT2D eigenvalue weighted by Gasteiger charge is -2.25. The van der Waals surface area contributed by atoms with Crippen LogP contribution in [0.3, 0.4) is 0 Å². The molecule has 4 heteroatoms. The van der Waals surface area contributed by atoms with Crippen molar-refractivity contribution in [3.63, 3.8) is 0 Å². The number of hydrogen-bond donors (Lipinski definition) is 0. The number of aryl methyl sites for hydroxylation is 2. The molecule has 1 saturated heterocycles. The van der Waals surface area contributed by atoms with Crippen molar-refractivity contribution >= 4 is 40.0 Å². The van der Waals surface area contributed by atoms with E-state index in [-0.39, 0.29) is 6.10 Å².